The highest BCUT2D eigenvalue weighted by Gasteiger charge is 2.29. The van der Waals surface area contributed by atoms with Crippen molar-refractivity contribution in [2.24, 2.45) is 13.0 Å². The molecule has 1 aromatic heterocycles. The Morgan fingerprint density at radius 3 is 3.04 bits per heavy atom. The fourth-order valence-corrected chi connectivity index (χ4v) is 3.40. The molecule has 126 valence electrons. The number of halogens is 1. The molecule has 1 aromatic carbocycles. The summed E-state index contributed by atoms with van der Waals surface area (Å²) in [5.74, 6) is 0.393. The predicted octanol–water partition coefficient (Wildman–Crippen LogP) is 2.38. The zero-order valence-corrected chi connectivity index (χ0v) is 13.7. The van der Waals surface area contributed by atoms with E-state index in [4.69, 9.17) is 0 Å². The maximum absolute atomic E-state index is 13.3. The Balaban J connectivity index is 1.70. The molecule has 0 radical (unpaired) electrons. The number of piperidine rings is 1. The molecule has 0 aliphatic carbocycles. The van der Waals surface area contributed by atoms with Crippen LogP contribution in [0.2, 0.25) is 0 Å². The van der Waals surface area contributed by atoms with Gasteiger partial charge < -0.3 is 9.67 Å². The van der Waals surface area contributed by atoms with E-state index in [2.05, 4.69) is 16.0 Å². The Morgan fingerprint density at radius 1 is 1.50 bits per heavy atom. The zero-order chi connectivity index (χ0) is 17.1. The van der Waals surface area contributed by atoms with Gasteiger partial charge in [0.2, 0.25) is 0 Å². The maximum atomic E-state index is 13.3. The summed E-state index contributed by atoms with van der Waals surface area (Å²) in [6.45, 7) is 2.23. The number of rotatable bonds is 4. The summed E-state index contributed by atoms with van der Waals surface area (Å²) in [5.41, 5.74) is 1.20. The van der Waals surface area contributed by atoms with Crippen molar-refractivity contribution in [3.05, 3.63) is 53.4 Å². The second-order valence-electron chi connectivity index (χ2n) is 6.39. The van der Waals surface area contributed by atoms with Gasteiger partial charge >= 0.3 is 0 Å². The van der Waals surface area contributed by atoms with Crippen molar-refractivity contribution >= 4 is 0 Å². The summed E-state index contributed by atoms with van der Waals surface area (Å²) in [4.78, 5) is 6.46. The van der Waals surface area contributed by atoms with E-state index in [1.807, 2.05) is 17.8 Å². The molecule has 3 rings (SSSR count). The van der Waals surface area contributed by atoms with Crippen molar-refractivity contribution < 1.29 is 9.50 Å². The van der Waals surface area contributed by atoms with Gasteiger partial charge in [0, 0.05) is 38.4 Å². The summed E-state index contributed by atoms with van der Waals surface area (Å²) in [6, 6.07) is 6.40. The van der Waals surface area contributed by atoms with Crippen molar-refractivity contribution in [2.75, 3.05) is 13.1 Å². The number of aliphatic hydroxyl groups is 1. The third kappa shape index (κ3) is 3.48. The first-order valence-electron chi connectivity index (χ1n) is 8.14. The molecule has 1 aliphatic heterocycles. The zero-order valence-electron chi connectivity index (χ0n) is 13.7. The Kier molecular flexibility index (Phi) is 4.93. The molecule has 5 nitrogen and oxygen atoms in total. The summed E-state index contributed by atoms with van der Waals surface area (Å²) in [5, 5.41) is 19.8. The molecule has 2 heterocycles. The van der Waals surface area contributed by atoms with E-state index in [-0.39, 0.29) is 5.92 Å². The first kappa shape index (κ1) is 16.6. The number of aliphatic hydroxyl groups excluding tert-OH is 1. The lowest BCUT2D eigenvalue weighted by Crippen LogP contribution is -2.38. The number of hydrogen-bond donors (Lipinski definition) is 1. The summed E-state index contributed by atoms with van der Waals surface area (Å²) < 4.78 is 15.1. The average molecular weight is 328 g/mol. The van der Waals surface area contributed by atoms with Gasteiger partial charge in [-0.15, -0.1) is 0 Å². The van der Waals surface area contributed by atoms with Crippen LogP contribution in [0.15, 0.2) is 30.6 Å². The highest BCUT2D eigenvalue weighted by atomic mass is 19.1. The van der Waals surface area contributed by atoms with Crippen LogP contribution < -0.4 is 0 Å². The van der Waals surface area contributed by atoms with Crippen LogP contribution in [0.4, 0.5) is 4.39 Å². The fraction of sp³-hybridized carbons (Fsp3) is 0.444. The minimum Gasteiger partial charge on any atom is -0.385 e. The molecule has 1 N–H and O–H groups in total. The van der Waals surface area contributed by atoms with Gasteiger partial charge in [0.25, 0.3) is 0 Å². The summed E-state index contributed by atoms with van der Waals surface area (Å²) in [6.07, 6.45) is 4.85. The number of nitrogens with zero attached hydrogens (tertiary/aromatic N) is 4. The van der Waals surface area contributed by atoms with Crippen LogP contribution in [0, 0.1) is 23.1 Å². The van der Waals surface area contributed by atoms with E-state index < -0.39 is 11.9 Å². The molecular weight excluding hydrogens is 307 g/mol. The molecule has 0 amide bonds. The largest absolute Gasteiger partial charge is 0.385 e. The highest BCUT2D eigenvalue weighted by Crippen LogP contribution is 2.29. The van der Waals surface area contributed by atoms with Gasteiger partial charge in [0.15, 0.2) is 0 Å². The first-order valence-corrected chi connectivity index (χ1v) is 8.14. The number of likely N-dealkylation sites (tertiary alicyclic amines) is 1. The highest BCUT2D eigenvalue weighted by molar-refractivity contribution is 5.37. The second kappa shape index (κ2) is 7.12. The van der Waals surface area contributed by atoms with Gasteiger partial charge in [-0.1, -0.05) is 6.07 Å². The topological polar surface area (TPSA) is 65.1 Å². The Bertz CT molecular complexity index is 752. The van der Waals surface area contributed by atoms with Crippen molar-refractivity contribution in [3.63, 3.8) is 0 Å². The first-order chi connectivity index (χ1) is 11.6. The molecule has 1 aliphatic rings. The second-order valence-corrected chi connectivity index (χ2v) is 6.39. The Morgan fingerprint density at radius 2 is 2.33 bits per heavy atom. The third-order valence-corrected chi connectivity index (χ3v) is 4.70. The molecule has 24 heavy (non-hydrogen) atoms. The van der Waals surface area contributed by atoms with Crippen LogP contribution >= 0.6 is 0 Å². The van der Waals surface area contributed by atoms with Gasteiger partial charge in [-0.05, 0) is 37.1 Å². The van der Waals surface area contributed by atoms with E-state index in [9.17, 15) is 14.8 Å². The lowest BCUT2D eigenvalue weighted by molar-refractivity contribution is 0.0404. The van der Waals surface area contributed by atoms with Gasteiger partial charge in [0.1, 0.15) is 17.7 Å². The monoisotopic (exact) mass is 328 g/mol. The molecule has 1 saturated heterocycles. The molecule has 2 aromatic rings. The van der Waals surface area contributed by atoms with Crippen LogP contribution in [0.25, 0.3) is 0 Å². The SMILES string of the molecule is Cn1ccnc1C(O)C1CCCN(Cc2ccc(F)cc2C#N)C1. The quantitative estimate of drug-likeness (QED) is 0.936. The van der Waals surface area contributed by atoms with E-state index in [1.165, 1.54) is 12.1 Å². The summed E-state index contributed by atoms with van der Waals surface area (Å²) >= 11 is 0. The van der Waals surface area contributed by atoms with E-state index in [1.54, 1.807) is 12.3 Å². The molecule has 2 unspecified atom stereocenters. The van der Waals surface area contributed by atoms with Gasteiger partial charge in [0.05, 0.1) is 11.6 Å². The third-order valence-electron chi connectivity index (χ3n) is 4.70. The normalized spacial score (nSPS) is 19.8. The van der Waals surface area contributed by atoms with Crippen molar-refractivity contribution in [1.82, 2.24) is 14.5 Å². The standard InChI is InChI=1S/C18H21FN4O/c1-22-8-6-21-18(22)17(24)14-3-2-7-23(12-14)11-13-4-5-16(19)9-15(13)10-20/h4-6,8-9,14,17,24H,2-3,7,11-12H2,1H3. The number of hydrogen-bond acceptors (Lipinski definition) is 4. The van der Waals surface area contributed by atoms with Gasteiger partial charge in [-0.3, -0.25) is 4.90 Å². The van der Waals surface area contributed by atoms with Crippen LogP contribution in [0.5, 0.6) is 0 Å². The fourth-order valence-electron chi connectivity index (χ4n) is 3.40. The van der Waals surface area contributed by atoms with Crippen molar-refractivity contribution in [1.29, 1.82) is 5.26 Å². The van der Waals surface area contributed by atoms with Crippen LogP contribution in [-0.4, -0.2) is 32.6 Å². The molecule has 0 saturated carbocycles. The minimum atomic E-state index is -0.601. The van der Waals surface area contributed by atoms with Crippen LogP contribution in [0.1, 0.15) is 35.9 Å². The maximum Gasteiger partial charge on any atom is 0.137 e. The van der Waals surface area contributed by atoms with Crippen LogP contribution in [-0.2, 0) is 13.6 Å². The molecule has 0 bridgehead atoms. The smallest absolute Gasteiger partial charge is 0.137 e. The average Bonchev–Trinajstić information content (AvgIpc) is 3.02. The number of benzene rings is 1. The number of nitriles is 1. The molecule has 1 fully saturated rings. The van der Waals surface area contributed by atoms with E-state index in [0.717, 1.165) is 31.5 Å². The molecule has 6 heteroatoms. The lowest BCUT2D eigenvalue weighted by atomic mass is 9.91. The minimum absolute atomic E-state index is 0.103. The molecular formula is C18H21FN4O. The Hall–Kier alpha value is -2.23. The molecule has 2 atom stereocenters. The van der Waals surface area contributed by atoms with Crippen molar-refractivity contribution in [3.8, 4) is 6.07 Å². The van der Waals surface area contributed by atoms with E-state index in [0.29, 0.717) is 17.9 Å². The number of imidazole rings is 1. The van der Waals surface area contributed by atoms with Crippen LogP contribution in [0.3, 0.4) is 0 Å². The molecule has 0 spiro atoms. The number of aromatic nitrogens is 2. The lowest BCUT2D eigenvalue weighted by Gasteiger charge is -2.35. The van der Waals surface area contributed by atoms with Gasteiger partial charge in [-0.25, -0.2) is 9.37 Å². The van der Waals surface area contributed by atoms with Gasteiger partial charge in [-0.2, -0.15) is 5.26 Å². The summed E-state index contributed by atoms with van der Waals surface area (Å²) in [7, 11) is 1.88. The number of aryl methyl sites for hydroxylation is 1. The van der Waals surface area contributed by atoms with Crippen molar-refractivity contribution in [2.45, 2.75) is 25.5 Å². The predicted molar refractivity (Wildman–Crippen MR) is 87.3 cm³/mol. The Labute approximate surface area is 141 Å². The van der Waals surface area contributed by atoms with E-state index >= 15 is 0 Å².